The van der Waals surface area contributed by atoms with Crippen LogP contribution in [0.3, 0.4) is 0 Å². The van der Waals surface area contributed by atoms with E-state index in [0.717, 1.165) is 19.3 Å². The van der Waals surface area contributed by atoms with Crippen LogP contribution in [-0.2, 0) is 0 Å². The summed E-state index contributed by atoms with van der Waals surface area (Å²) in [5, 5.41) is 9.78. The van der Waals surface area contributed by atoms with Crippen LogP contribution in [0.15, 0.2) is 0 Å². The number of aliphatic hydroxyl groups excluding tert-OH is 1. The molecule has 12 heavy (non-hydrogen) atoms. The minimum absolute atomic E-state index is 0.146. The molecule has 4 unspecified atom stereocenters. The SMILES string of the molecule is CC12CCC(CC1O)C2(C)CF. The van der Waals surface area contributed by atoms with Gasteiger partial charge in [-0.2, -0.15) is 0 Å². The summed E-state index contributed by atoms with van der Waals surface area (Å²) in [6.07, 6.45) is 2.65. The number of alkyl halides is 1. The van der Waals surface area contributed by atoms with Crippen molar-refractivity contribution in [2.45, 2.75) is 39.2 Å². The standard InChI is InChI=1S/C10H17FO/c1-9-4-3-7(5-8(9)12)10(9,2)6-11/h7-8,12H,3-6H2,1-2H3. The molecule has 2 saturated carbocycles. The Morgan fingerprint density at radius 2 is 2.17 bits per heavy atom. The Labute approximate surface area is 73.0 Å². The summed E-state index contributed by atoms with van der Waals surface area (Å²) in [7, 11) is 0. The lowest BCUT2D eigenvalue weighted by atomic mass is 9.69. The molecule has 0 heterocycles. The van der Waals surface area contributed by atoms with Gasteiger partial charge in [-0.1, -0.05) is 13.8 Å². The molecule has 4 atom stereocenters. The molecule has 2 heteroatoms. The van der Waals surface area contributed by atoms with E-state index in [1.54, 1.807) is 0 Å². The van der Waals surface area contributed by atoms with E-state index in [0.29, 0.717) is 5.92 Å². The van der Waals surface area contributed by atoms with Gasteiger partial charge in [0.25, 0.3) is 0 Å². The molecule has 0 aromatic rings. The van der Waals surface area contributed by atoms with Gasteiger partial charge in [0, 0.05) is 10.8 Å². The molecule has 2 aliphatic carbocycles. The molecule has 2 aliphatic rings. The van der Waals surface area contributed by atoms with E-state index in [4.69, 9.17) is 0 Å². The maximum Gasteiger partial charge on any atom is 0.0956 e. The van der Waals surface area contributed by atoms with Gasteiger partial charge < -0.3 is 5.11 Å². The third-order valence-corrected chi connectivity index (χ3v) is 4.74. The molecule has 2 rings (SSSR count). The maximum absolute atomic E-state index is 12.9. The van der Waals surface area contributed by atoms with Crippen molar-refractivity contribution >= 4 is 0 Å². The molecule has 0 amide bonds. The molecular formula is C10H17FO. The first-order chi connectivity index (χ1) is 5.54. The highest BCUT2D eigenvalue weighted by Crippen LogP contribution is 2.65. The van der Waals surface area contributed by atoms with Gasteiger partial charge in [-0.3, -0.25) is 4.39 Å². The molecular weight excluding hydrogens is 155 g/mol. The van der Waals surface area contributed by atoms with Crippen LogP contribution in [0.1, 0.15) is 33.1 Å². The summed E-state index contributed by atoms with van der Waals surface area (Å²) in [6, 6.07) is 0. The van der Waals surface area contributed by atoms with Crippen molar-refractivity contribution in [3.05, 3.63) is 0 Å². The van der Waals surface area contributed by atoms with Crippen LogP contribution in [0.4, 0.5) is 4.39 Å². The van der Waals surface area contributed by atoms with Crippen LogP contribution in [0.25, 0.3) is 0 Å². The number of hydrogen-bond acceptors (Lipinski definition) is 1. The second kappa shape index (κ2) is 2.22. The van der Waals surface area contributed by atoms with Crippen molar-refractivity contribution < 1.29 is 9.50 Å². The average molecular weight is 172 g/mol. The fourth-order valence-corrected chi connectivity index (χ4v) is 3.26. The van der Waals surface area contributed by atoms with Crippen molar-refractivity contribution in [3.63, 3.8) is 0 Å². The van der Waals surface area contributed by atoms with Crippen molar-refractivity contribution in [2.75, 3.05) is 6.67 Å². The molecule has 70 valence electrons. The lowest BCUT2D eigenvalue weighted by Crippen LogP contribution is -2.38. The van der Waals surface area contributed by atoms with E-state index in [1.165, 1.54) is 0 Å². The fourth-order valence-electron chi connectivity index (χ4n) is 3.26. The zero-order valence-electron chi connectivity index (χ0n) is 7.81. The van der Waals surface area contributed by atoms with Gasteiger partial charge in [0.05, 0.1) is 12.8 Å². The Morgan fingerprint density at radius 1 is 1.50 bits per heavy atom. The number of halogens is 1. The Bertz CT molecular complexity index is 204. The second-order valence-electron chi connectivity index (χ2n) is 4.96. The zero-order chi connectivity index (χ0) is 8.98. The highest BCUT2D eigenvalue weighted by atomic mass is 19.1. The Hall–Kier alpha value is -0.110. The maximum atomic E-state index is 12.9. The van der Waals surface area contributed by atoms with E-state index < -0.39 is 0 Å². The second-order valence-corrected chi connectivity index (χ2v) is 4.96. The van der Waals surface area contributed by atoms with E-state index in [9.17, 15) is 9.50 Å². The highest BCUT2D eigenvalue weighted by Gasteiger charge is 2.63. The summed E-state index contributed by atoms with van der Waals surface area (Å²) in [6.45, 7) is 3.77. The molecule has 0 aromatic carbocycles. The molecule has 0 saturated heterocycles. The minimum atomic E-state index is -0.273. The normalized spacial score (nSPS) is 58.0. The summed E-state index contributed by atoms with van der Waals surface area (Å²) in [5.41, 5.74) is -0.390. The van der Waals surface area contributed by atoms with E-state index in [2.05, 4.69) is 0 Å². The molecule has 0 radical (unpaired) electrons. The van der Waals surface area contributed by atoms with Crippen LogP contribution in [-0.4, -0.2) is 17.9 Å². The average Bonchev–Trinajstić information content (AvgIpc) is 2.39. The smallest absolute Gasteiger partial charge is 0.0956 e. The van der Waals surface area contributed by atoms with Crippen LogP contribution in [0.5, 0.6) is 0 Å². The molecule has 1 nitrogen and oxygen atoms in total. The van der Waals surface area contributed by atoms with Gasteiger partial charge in [0.15, 0.2) is 0 Å². The molecule has 0 spiro atoms. The molecule has 0 aliphatic heterocycles. The fraction of sp³-hybridized carbons (Fsp3) is 1.00. The van der Waals surface area contributed by atoms with Crippen LogP contribution < -0.4 is 0 Å². The van der Waals surface area contributed by atoms with Gasteiger partial charge in [0.1, 0.15) is 0 Å². The first kappa shape index (κ1) is 8.49. The minimum Gasteiger partial charge on any atom is -0.393 e. The van der Waals surface area contributed by atoms with E-state index >= 15 is 0 Å². The summed E-state index contributed by atoms with van der Waals surface area (Å²) in [4.78, 5) is 0. The molecule has 0 aromatic heterocycles. The Morgan fingerprint density at radius 3 is 2.42 bits per heavy atom. The van der Waals surface area contributed by atoms with Gasteiger partial charge in [0.2, 0.25) is 0 Å². The van der Waals surface area contributed by atoms with Crippen LogP contribution in [0, 0.1) is 16.7 Å². The lowest BCUT2D eigenvalue weighted by Gasteiger charge is -2.37. The topological polar surface area (TPSA) is 20.2 Å². The molecule has 2 fully saturated rings. The number of hydrogen-bond donors (Lipinski definition) is 1. The number of rotatable bonds is 1. The zero-order valence-corrected chi connectivity index (χ0v) is 7.81. The van der Waals surface area contributed by atoms with Crippen molar-refractivity contribution in [1.29, 1.82) is 0 Å². The first-order valence-electron chi connectivity index (χ1n) is 4.78. The molecule has 2 bridgehead atoms. The third-order valence-electron chi connectivity index (χ3n) is 4.74. The summed E-state index contributed by atoms with van der Waals surface area (Å²) >= 11 is 0. The summed E-state index contributed by atoms with van der Waals surface area (Å²) < 4.78 is 12.9. The largest absolute Gasteiger partial charge is 0.393 e. The Kier molecular flexibility index (Phi) is 1.57. The van der Waals surface area contributed by atoms with Crippen molar-refractivity contribution in [1.82, 2.24) is 0 Å². The monoisotopic (exact) mass is 172 g/mol. The van der Waals surface area contributed by atoms with Crippen molar-refractivity contribution in [3.8, 4) is 0 Å². The van der Waals surface area contributed by atoms with E-state index in [-0.39, 0.29) is 23.6 Å². The number of aliphatic hydroxyl groups is 1. The van der Waals surface area contributed by atoms with Crippen molar-refractivity contribution in [2.24, 2.45) is 16.7 Å². The van der Waals surface area contributed by atoms with E-state index in [1.807, 2.05) is 13.8 Å². The molecule has 1 N–H and O–H groups in total. The van der Waals surface area contributed by atoms with Gasteiger partial charge in [-0.05, 0) is 25.2 Å². The number of fused-ring (bicyclic) bond motifs is 2. The quantitative estimate of drug-likeness (QED) is 0.642. The predicted molar refractivity (Wildman–Crippen MR) is 45.5 cm³/mol. The lowest BCUT2D eigenvalue weighted by molar-refractivity contribution is -0.00522. The first-order valence-corrected chi connectivity index (χ1v) is 4.78. The highest BCUT2D eigenvalue weighted by molar-refractivity contribution is 5.12. The Balaban J connectivity index is 2.38. The third kappa shape index (κ3) is 0.681. The van der Waals surface area contributed by atoms with Gasteiger partial charge in [-0.25, -0.2) is 0 Å². The van der Waals surface area contributed by atoms with Gasteiger partial charge >= 0.3 is 0 Å². The summed E-state index contributed by atoms with van der Waals surface area (Å²) in [5.74, 6) is 0.419. The predicted octanol–water partition coefficient (Wildman–Crippen LogP) is 2.14. The van der Waals surface area contributed by atoms with Crippen LogP contribution >= 0.6 is 0 Å². The van der Waals surface area contributed by atoms with Gasteiger partial charge in [-0.15, -0.1) is 0 Å². The van der Waals surface area contributed by atoms with Crippen LogP contribution in [0.2, 0.25) is 0 Å².